The lowest BCUT2D eigenvalue weighted by Crippen LogP contribution is -2.39. The first-order valence-electron chi connectivity index (χ1n) is 4.76. The second-order valence-corrected chi connectivity index (χ2v) is 3.61. The van der Waals surface area contributed by atoms with Crippen LogP contribution in [0, 0.1) is 0 Å². The van der Waals surface area contributed by atoms with Crippen molar-refractivity contribution in [1.82, 2.24) is 4.90 Å². The van der Waals surface area contributed by atoms with Crippen molar-refractivity contribution < 1.29 is 9.53 Å². The minimum atomic E-state index is -0.0156. The van der Waals surface area contributed by atoms with Crippen molar-refractivity contribution in [2.24, 2.45) is 0 Å². The molecule has 0 aliphatic carbocycles. The molecule has 0 aromatic heterocycles. The van der Waals surface area contributed by atoms with Crippen molar-refractivity contribution in [2.75, 3.05) is 19.7 Å². The Bertz CT molecular complexity index is 175. The van der Waals surface area contributed by atoms with E-state index < -0.39 is 0 Å². The fraction of sp³-hybridized carbons (Fsp3) is 0.889. The van der Waals surface area contributed by atoms with E-state index in [4.69, 9.17) is 4.74 Å². The molecule has 12 heavy (non-hydrogen) atoms. The highest BCUT2D eigenvalue weighted by atomic mass is 16.5. The average Bonchev–Trinajstić information content (AvgIpc) is 2.56. The molecule has 2 fully saturated rings. The van der Waals surface area contributed by atoms with Gasteiger partial charge in [0.15, 0.2) is 0 Å². The number of hydrogen-bond donors (Lipinski definition) is 0. The third-order valence-electron chi connectivity index (χ3n) is 2.77. The number of nitrogens with zero attached hydrogens (tertiary/aromatic N) is 1. The van der Waals surface area contributed by atoms with Crippen LogP contribution in [0.4, 0.5) is 0 Å². The Balaban J connectivity index is 1.89. The molecule has 0 aromatic carbocycles. The van der Waals surface area contributed by atoms with Crippen molar-refractivity contribution in [3.05, 3.63) is 0 Å². The molecule has 0 aromatic rings. The number of hydrogen-bond acceptors (Lipinski definition) is 3. The van der Waals surface area contributed by atoms with E-state index in [1.807, 2.05) is 0 Å². The number of esters is 1. The fourth-order valence-electron chi connectivity index (χ4n) is 2.08. The summed E-state index contributed by atoms with van der Waals surface area (Å²) >= 11 is 0. The highest BCUT2D eigenvalue weighted by molar-refractivity contribution is 5.70. The quantitative estimate of drug-likeness (QED) is 0.543. The van der Waals surface area contributed by atoms with Crippen LogP contribution in [0.2, 0.25) is 0 Å². The number of carbonyl (C=O) groups is 1. The number of ether oxygens (including phenoxy) is 1. The van der Waals surface area contributed by atoms with Crippen molar-refractivity contribution in [3.8, 4) is 0 Å². The minimum absolute atomic E-state index is 0.0156. The van der Waals surface area contributed by atoms with Gasteiger partial charge in [-0.2, -0.15) is 0 Å². The van der Waals surface area contributed by atoms with Crippen LogP contribution >= 0.6 is 0 Å². The molecule has 2 aliphatic heterocycles. The van der Waals surface area contributed by atoms with Crippen LogP contribution in [-0.2, 0) is 9.53 Å². The molecule has 2 heterocycles. The second kappa shape index (κ2) is 3.44. The largest absolute Gasteiger partial charge is 0.466 e. The lowest BCUT2D eigenvalue weighted by atomic mass is 10.1. The summed E-state index contributed by atoms with van der Waals surface area (Å²) in [6.07, 6.45) is 4.24. The minimum Gasteiger partial charge on any atom is -0.466 e. The number of rotatable bonds is 1. The third-order valence-corrected chi connectivity index (χ3v) is 2.77. The Morgan fingerprint density at radius 2 is 2.08 bits per heavy atom. The van der Waals surface area contributed by atoms with Gasteiger partial charge in [-0.25, -0.2) is 0 Å². The molecule has 0 saturated carbocycles. The predicted molar refractivity (Wildman–Crippen MR) is 44.8 cm³/mol. The van der Waals surface area contributed by atoms with E-state index in [1.165, 1.54) is 25.9 Å². The van der Waals surface area contributed by atoms with Gasteiger partial charge in [0, 0.05) is 6.04 Å². The first-order chi connectivity index (χ1) is 5.86. The second-order valence-electron chi connectivity index (χ2n) is 3.61. The van der Waals surface area contributed by atoms with E-state index in [0.717, 1.165) is 6.42 Å². The van der Waals surface area contributed by atoms with Gasteiger partial charge < -0.3 is 4.74 Å². The van der Waals surface area contributed by atoms with Crippen LogP contribution < -0.4 is 0 Å². The van der Waals surface area contributed by atoms with Crippen molar-refractivity contribution >= 4 is 5.97 Å². The van der Waals surface area contributed by atoms with E-state index in [1.54, 1.807) is 0 Å². The Labute approximate surface area is 72.7 Å². The summed E-state index contributed by atoms with van der Waals surface area (Å²) < 4.78 is 4.90. The van der Waals surface area contributed by atoms with Gasteiger partial charge in [-0.3, -0.25) is 9.69 Å². The molecular formula is C9H15NO2. The molecule has 0 radical (unpaired) electrons. The highest BCUT2D eigenvalue weighted by Crippen LogP contribution is 2.19. The molecule has 1 atom stereocenters. The SMILES string of the molecule is O=C1CC(N2CCCC2)CCO1. The zero-order chi connectivity index (χ0) is 8.39. The van der Waals surface area contributed by atoms with Crippen molar-refractivity contribution in [1.29, 1.82) is 0 Å². The third kappa shape index (κ3) is 1.61. The molecule has 68 valence electrons. The van der Waals surface area contributed by atoms with E-state index >= 15 is 0 Å². The van der Waals surface area contributed by atoms with Gasteiger partial charge in [0.2, 0.25) is 0 Å². The Kier molecular flexibility index (Phi) is 2.30. The first kappa shape index (κ1) is 8.05. The first-order valence-corrected chi connectivity index (χ1v) is 4.76. The summed E-state index contributed by atoms with van der Waals surface area (Å²) in [5.41, 5.74) is 0. The van der Waals surface area contributed by atoms with Crippen molar-refractivity contribution in [2.45, 2.75) is 31.7 Å². The van der Waals surface area contributed by atoms with Gasteiger partial charge in [0.05, 0.1) is 13.0 Å². The topological polar surface area (TPSA) is 29.5 Å². The summed E-state index contributed by atoms with van der Waals surface area (Å²) in [4.78, 5) is 13.4. The molecular weight excluding hydrogens is 154 g/mol. The number of likely N-dealkylation sites (tertiary alicyclic amines) is 1. The molecule has 0 N–H and O–H groups in total. The van der Waals surface area contributed by atoms with Crippen LogP contribution in [-0.4, -0.2) is 36.6 Å². The maximum atomic E-state index is 11.0. The lowest BCUT2D eigenvalue weighted by molar-refractivity contribution is -0.149. The normalized spacial score (nSPS) is 32.0. The molecule has 0 bridgehead atoms. The van der Waals surface area contributed by atoms with Crippen LogP contribution in [0.3, 0.4) is 0 Å². The predicted octanol–water partition coefficient (Wildman–Crippen LogP) is 0.788. The van der Waals surface area contributed by atoms with E-state index in [0.29, 0.717) is 19.1 Å². The van der Waals surface area contributed by atoms with Crippen molar-refractivity contribution in [3.63, 3.8) is 0 Å². The van der Waals surface area contributed by atoms with E-state index in [9.17, 15) is 4.79 Å². The smallest absolute Gasteiger partial charge is 0.307 e. The summed E-state index contributed by atoms with van der Waals surface area (Å²) in [7, 11) is 0. The average molecular weight is 169 g/mol. The maximum absolute atomic E-state index is 11.0. The molecule has 1 unspecified atom stereocenters. The molecule has 2 rings (SSSR count). The highest BCUT2D eigenvalue weighted by Gasteiger charge is 2.27. The van der Waals surface area contributed by atoms with Gasteiger partial charge >= 0.3 is 5.97 Å². The summed E-state index contributed by atoms with van der Waals surface area (Å²) in [5, 5.41) is 0. The molecule has 0 spiro atoms. The molecule has 0 amide bonds. The summed E-state index contributed by atoms with van der Waals surface area (Å²) in [6.45, 7) is 2.98. The standard InChI is InChI=1S/C9H15NO2/c11-9-7-8(3-6-12-9)10-4-1-2-5-10/h8H,1-7H2. The molecule has 2 aliphatic rings. The maximum Gasteiger partial charge on any atom is 0.307 e. The van der Waals surface area contributed by atoms with E-state index in [-0.39, 0.29) is 5.97 Å². The van der Waals surface area contributed by atoms with Gasteiger partial charge in [0.1, 0.15) is 0 Å². The lowest BCUT2D eigenvalue weighted by Gasteiger charge is -2.29. The summed E-state index contributed by atoms with van der Waals surface area (Å²) in [6, 6.07) is 0.480. The number of carbonyl (C=O) groups excluding carboxylic acids is 1. The van der Waals surface area contributed by atoms with Crippen LogP contribution in [0.25, 0.3) is 0 Å². The fourth-order valence-corrected chi connectivity index (χ4v) is 2.08. The zero-order valence-electron chi connectivity index (χ0n) is 7.29. The van der Waals surface area contributed by atoms with Gasteiger partial charge in [-0.1, -0.05) is 0 Å². The molecule has 3 heteroatoms. The molecule has 2 saturated heterocycles. The zero-order valence-corrected chi connectivity index (χ0v) is 7.29. The Morgan fingerprint density at radius 1 is 1.33 bits per heavy atom. The number of cyclic esters (lactones) is 1. The monoisotopic (exact) mass is 169 g/mol. The Morgan fingerprint density at radius 3 is 2.75 bits per heavy atom. The molecule has 3 nitrogen and oxygen atoms in total. The van der Waals surface area contributed by atoms with Crippen LogP contribution in [0.15, 0.2) is 0 Å². The summed E-state index contributed by atoms with van der Waals surface area (Å²) in [5.74, 6) is -0.0156. The Hall–Kier alpha value is -0.570. The van der Waals surface area contributed by atoms with Crippen LogP contribution in [0.1, 0.15) is 25.7 Å². The van der Waals surface area contributed by atoms with Gasteiger partial charge in [-0.05, 0) is 32.4 Å². The van der Waals surface area contributed by atoms with Crippen LogP contribution in [0.5, 0.6) is 0 Å². The van der Waals surface area contributed by atoms with Gasteiger partial charge in [-0.15, -0.1) is 0 Å². The van der Waals surface area contributed by atoms with Gasteiger partial charge in [0.25, 0.3) is 0 Å². The van der Waals surface area contributed by atoms with E-state index in [2.05, 4.69) is 4.90 Å².